The second kappa shape index (κ2) is 5.20. The molecule has 98 valence electrons. The van der Waals surface area contributed by atoms with Crippen molar-refractivity contribution in [2.45, 2.75) is 46.2 Å². The molecule has 0 aliphatic rings. The number of nitrogens with zero attached hydrogens (tertiary/aromatic N) is 4. The summed E-state index contributed by atoms with van der Waals surface area (Å²) in [6.07, 6.45) is 5.26. The van der Waals surface area contributed by atoms with E-state index in [0.717, 1.165) is 12.8 Å². The molecule has 0 aliphatic carbocycles. The van der Waals surface area contributed by atoms with Crippen LogP contribution in [0.25, 0.3) is 0 Å². The molecule has 0 saturated heterocycles. The molecule has 0 aliphatic heterocycles. The van der Waals surface area contributed by atoms with Crippen molar-refractivity contribution in [3.8, 4) is 0 Å². The molecule has 6 heteroatoms. The number of aromatic nitrogens is 4. The van der Waals surface area contributed by atoms with Crippen LogP contribution in [0.3, 0.4) is 0 Å². The minimum atomic E-state index is -0.0492. The van der Waals surface area contributed by atoms with Crippen LogP contribution < -0.4 is 5.69 Å². The average Bonchev–Trinajstić information content (AvgIpc) is 2.89. The molecule has 6 nitrogen and oxygen atoms in total. The van der Waals surface area contributed by atoms with Gasteiger partial charge in [-0.3, -0.25) is 9.13 Å². The molecule has 0 saturated carbocycles. The SMILES string of the molecule is CCCc1nc(Cn2ccn(C(C)C)c2=O)no1. The highest BCUT2D eigenvalue weighted by molar-refractivity contribution is 4.91. The van der Waals surface area contributed by atoms with Crippen LogP contribution in [0.2, 0.25) is 0 Å². The zero-order valence-corrected chi connectivity index (χ0v) is 11.0. The molecule has 0 radical (unpaired) electrons. The molecule has 2 aromatic heterocycles. The quantitative estimate of drug-likeness (QED) is 0.808. The van der Waals surface area contributed by atoms with Gasteiger partial charge in [-0.2, -0.15) is 4.98 Å². The number of aryl methyl sites for hydroxylation is 1. The van der Waals surface area contributed by atoms with E-state index in [-0.39, 0.29) is 11.7 Å². The van der Waals surface area contributed by atoms with Gasteiger partial charge in [0.1, 0.15) is 0 Å². The van der Waals surface area contributed by atoms with Crippen molar-refractivity contribution in [1.29, 1.82) is 0 Å². The zero-order chi connectivity index (χ0) is 13.1. The second-order valence-electron chi connectivity index (χ2n) is 4.56. The molecule has 0 aromatic carbocycles. The first-order chi connectivity index (χ1) is 8.61. The van der Waals surface area contributed by atoms with Crippen molar-refractivity contribution in [3.05, 3.63) is 34.6 Å². The van der Waals surface area contributed by atoms with Crippen molar-refractivity contribution in [3.63, 3.8) is 0 Å². The fourth-order valence-electron chi connectivity index (χ4n) is 1.76. The summed E-state index contributed by atoms with van der Waals surface area (Å²) >= 11 is 0. The summed E-state index contributed by atoms with van der Waals surface area (Å²) in [5.74, 6) is 1.17. The molecule has 0 amide bonds. The summed E-state index contributed by atoms with van der Waals surface area (Å²) in [4.78, 5) is 16.2. The van der Waals surface area contributed by atoms with Crippen LogP contribution in [-0.2, 0) is 13.0 Å². The molecule has 0 unspecified atom stereocenters. The molecular weight excluding hydrogens is 232 g/mol. The van der Waals surface area contributed by atoms with E-state index in [1.54, 1.807) is 21.5 Å². The number of rotatable bonds is 5. The van der Waals surface area contributed by atoms with Gasteiger partial charge in [0.15, 0.2) is 5.82 Å². The van der Waals surface area contributed by atoms with Crippen molar-refractivity contribution in [1.82, 2.24) is 19.3 Å². The minimum absolute atomic E-state index is 0.0492. The first-order valence-corrected chi connectivity index (χ1v) is 6.20. The number of hydrogen-bond acceptors (Lipinski definition) is 4. The van der Waals surface area contributed by atoms with E-state index in [4.69, 9.17) is 4.52 Å². The maximum Gasteiger partial charge on any atom is 0.328 e. The third kappa shape index (κ3) is 2.52. The van der Waals surface area contributed by atoms with Crippen LogP contribution in [0.1, 0.15) is 44.9 Å². The van der Waals surface area contributed by atoms with Gasteiger partial charge in [0.05, 0.1) is 6.54 Å². The van der Waals surface area contributed by atoms with E-state index in [2.05, 4.69) is 17.1 Å². The molecule has 0 N–H and O–H groups in total. The Balaban J connectivity index is 2.16. The molecular formula is C12H18N4O2. The summed E-state index contributed by atoms with van der Waals surface area (Å²) in [5, 5.41) is 3.87. The van der Waals surface area contributed by atoms with Crippen molar-refractivity contribution in [2.24, 2.45) is 0 Å². The Morgan fingerprint density at radius 1 is 1.39 bits per heavy atom. The zero-order valence-electron chi connectivity index (χ0n) is 11.0. The van der Waals surface area contributed by atoms with Gasteiger partial charge < -0.3 is 4.52 Å². The Morgan fingerprint density at radius 3 is 2.78 bits per heavy atom. The van der Waals surface area contributed by atoms with Gasteiger partial charge in [0.2, 0.25) is 5.89 Å². The summed E-state index contributed by atoms with van der Waals surface area (Å²) in [6.45, 7) is 6.35. The Kier molecular flexibility index (Phi) is 3.64. The van der Waals surface area contributed by atoms with Crippen LogP contribution >= 0.6 is 0 Å². The fourth-order valence-corrected chi connectivity index (χ4v) is 1.76. The van der Waals surface area contributed by atoms with Crippen LogP contribution in [0.5, 0.6) is 0 Å². The van der Waals surface area contributed by atoms with Crippen LogP contribution in [-0.4, -0.2) is 19.3 Å². The topological polar surface area (TPSA) is 65.8 Å². The molecule has 0 fully saturated rings. The number of imidazole rings is 1. The predicted molar refractivity (Wildman–Crippen MR) is 66.5 cm³/mol. The highest BCUT2D eigenvalue weighted by Crippen LogP contribution is 2.03. The normalized spacial score (nSPS) is 11.3. The van der Waals surface area contributed by atoms with Crippen LogP contribution in [0.15, 0.2) is 21.7 Å². The standard InChI is InChI=1S/C12H18N4O2/c1-4-5-11-13-10(14-18-11)8-15-6-7-16(9(2)3)12(15)17/h6-7,9H,4-5,8H2,1-3H3. The highest BCUT2D eigenvalue weighted by Gasteiger charge is 2.10. The Bertz CT molecular complexity index is 565. The van der Waals surface area contributed by atoms with E-state index in [1.807, 2.05) is 13.8 Å². The third-order valence-corrected chi connectivity index (χ3v) is 2.72. The molecule has 0 spiro atoms. The van der Waals surface area contributed by atoms with Gasteiger partial charge in [0.25, 0.3) is 0 Å². The van der Waals surface area contributed by atoms with Gasteiger partial charge in [-0.25, -0.2) is 4.79 Å². The lowest BCUT2D eigenvalue weighted by molar-refractivity contribution is 0.370. The maximum atomic E-state index is 12.0. The smallest absolute Gasteiger partial charge is 0.328 e. The third-order valence-electron chi connectivity index (χ3n) is 2.72. The van der Waals surface area contributed by atoms with E-state index in [9.17, 15) is 4.79 Å². The molecule has 0 atom stereocenters. The predicted octanol–water partition coefficient (Wildman–Crippen LogP) is 1.61. The Morgan fingerprint density at radius 2 is 2.17 bits per heavy atom. The highest BCUT2D eigenvalue weighted by atomic mass is 16.5. The summed E-state index contributed by atoms with van der Waals surface area (Å²) in [6, 6.07) is 0.152. The maximum absolute atomic E-state index is 12.0. The largest absolute Gasteiger partial charge is 0.339 e. The fraction of sp³-hybridized carbons (Fsp3) is 0.583. The second-order valence-corrected chi connectivity index (χ2v) is 4.56. The van der Waals surface area contributed by atoms with E-state index in [0.29, 0.717) is 18.3 Å². The van der Waals surface area contributed by atoms with Crippen LogP contribution in [0.4, 0.5) is 0 Å². The van der Waals surface area contributed by atoms with Gasteiger partial charge in [-0.05, 0) is 20.3 Å². The summed E-state index contributed by atoms with van der Waals surface area (Å²) in [5.41, 5.74) is -0.0492. The summed E-state index contributed by atoms with van der Waals surface area (Å²) < 4.78 is 8.35. The van der Waals surface area contributed by atoms with Crippen molar-refractivity contribution < 1.29 is 4.52 Å². The first-order valence-electron chi connectivity index (χ1n) is 6.20. The van der Waals surface area contributed by atoms with Gasteiger partial charge in [-0.15, -0.1) is 0 Å². The molecule has 2 heterocycles. The van der Waals surface area contributed by atoms with Gasteiger partial charge in [0, 0.05) is 24.9 Å². The van der Waals surface area contributed by atoms with Gasteiger partial charge >= 0.3 is 5.69 Å². The Labute approximate surface area is 105 Å². The first kappa shape index (κ1) is 12.6. The summed E-state index contributed by atoms with van der Waals surface area (Å²) in [7, 11) is 0. The van der Waals surface area contributed by atoms with Crippen LogP contribution in [0, 0.1) is 0 Å². The lowest BCUT2D eigenvalue weighted by Crippen LogP contribution is -2.25. The Hall–Kier alpha value is -1.85. The van der Waals surface area contributed by atoms with E-state index < -0.39 is 0 Å². The average molecular weight is 250 g/mol. The molecule has 0 bridgehead atoms. The molecule has 2 rings (SSSR count). The number of hydrogen-bond donors (Lipinski definition) is 0. The lowest BCUT2D eigenvalue weighted by Gasteiger charge is -2.03. The van der Waals surface area contributed by atoms with Crippen molar-refractivity contribution >= 4 is 0 Å². The monoisotopic (exact) mass is 250 g/mol. The van der Waals surface area contributed by atoms with Gasteiger partial charge in [-0.1, -0.05) is 12.1 Å². The minimum Gasteiger partial charge on any atom is -0.339 e. The lowest BCUT2D eigenvalue weighted by atomic mass is 10.3. The van der Waals surface area contributed by atoms with E-state index in [1.165, 1.54) is 0 Å². The molecule has 2 aromatic rings. The van der Waals surface area contributed by atoms with E-state index >= 15 is 0 Å². The molecule has 18 heavy (non-hydrogen) atoms. The van der Waals surface area contributed by atoms with Crippen molar-refractivity contribution in [2.75, 3.05) is 0 Å².